The Bertz CT molecular complexity index is 982. The van der Waals surface area contributed by atoms with Crippen molar-refractivity contribution in [2.24, 2.45) is 0 Å². The number of rotatable bonds is 6. The molecule has 1 unspecified atom stereocenters. The number of hydrogen-bond donors (Lipinski definition) is 1. The highest BCUT2D eigenvalue weighted by molar-refractivity contribution is 6.03. The van der Waals surface area contributed by atoms with E-state index in [4.69, 9.17) is 4.74 Å². The molecule has 0 spiro atoms. The van der Waals surface area contributed by atoms with Crippen LogP contribution in [0.1, 0.15) is 42.6 Å². The summed E-state index contributed by atoms with van der Waals surface area (Å²) >= 11 is 0. The molecule has 0 aromatic carbocycles. The van der Waals surface area contributed by atoms with Crippen LogP contribution < -0.4 is 5.32 Å². The van der Waals surface area contributed by atoms with E-state index in [1.807, 2.05) is 0 Å². The third kappa shape index (κ3) is 5.03. The zero-order valence-electron chi connectivity index (χ0n) is 18.0. The lowest BCUT2D eigenvalue weighted by Gasteiger charge is -2.35. The highest BCUT2D eigenvalue weighted by Crippen LogP contribution is 2.19. The quantitative estimate of drug-likeness (QED) is 0.715. The predicted octanol–water partition coefficient (Wildman–Crippen LogP) is 1.90. The molecule has 1 aliphatic rings. The van der Waals surface area contributed by atoms with E-state index in [0.29, 0.717) is 48.8 Å². The minimum atomic E-state index is -2.84. The van der Waals surface area contributed by atoms with Crippen molar-refractivity contribution in [3.63, 3.8) is 0 Å². The first kappa shape index (κ1) is 23.2. The van der Waals surface area contributed by atoms with E-state index >= 15 is 0 Å². The van der Waals surface area contributed by atoms with E-state index in [-0.39, 0.29) is 11.6 Å². The fourth-order valence-corrected chi connectivity index (χ4v) is 3.26. The highest BCUT2D eigenvalue weighted by Gasteiger charge is 2.29. The van der Waals surface area contributed by atoms with Crippen LogP contribution in [0, 0.1) is 6.92 Å². The molecule has 0 bridgehead atoms. The number of alkyl halides is 2. The average Bonchev–Trinajstić information content (AvgIpc) is 3.41. The number of piperazine rings is 1. The Kier molecular flexibility index (Phi) is 7.05. The van der Waals surface area contributed by atoms with Crippen molar-refractivity contribution in [2.75, 3.05) is 38.1 Å². The van der Waals surface area contributed by atoms with Gasteiger partial charge in [-0.05, 0) is 26.8 Å². The Labute approximate surface area is 182 Å². The molecule has 1 atom stereocenters. The molecule has 1 aliphatic heterocycles. The minimum absolute atomic E-state index is 0.166. The zero-order valence-corrected chi connectivity index (χ0v) is 18.0. The number of anilines is 1. The van der Waals surface area contributed by atoms with E-state index in [2.05, 4.69) is 15.5 Å². The molecular weight excluding hydrogens is 428 g/mol. The van der Waals surface area contributed by atoms with Gasteiger partial charge in [-0.3, -0.25) is 14.3 Å². The summed E-state index contributed by atoms with van der Waals surface area (Å²) in [7, 11) is 0. The Morgan fingerprint density at radius 1 is 1.12 bits per heavy atom. The number of ether oxygens (including phenoxy) is 1. The molecule has 32 heavy (non-hydrogen) atoms. The molecule has 13 heteroatoms. The number of amides is 3. The van der Waals surface area contributed by atoms with Crippen molar-refractivity contribution in [3.8, 4) is 0 Å². The summed E-state index contributed by atoms with van der Waals surface area (Å²) in [6, 6.07) is 0.537. The normalized spacial score (nSPS) is 15.1. The summed E-state index contributed by atoms with van der Waals surface area (Å²) in [5.74, 6) is -0.842. The van der Waals surface area contributed by atoms with Crippen molar-refractivity contribution >= 4 is 23.6 Å². The Morgan fingerprint density at radius 2 is 1.78 bits per heavy atom. The maximum Gasteiger partial charge on any atom is 0.409 e. The second kappa shape index (κ2) is 9.75. The third-order valence-corrected chi connectivity index (χ3v) is 5.08. The molecule has 3 rings (SSSR count). The van der Waals surface area contributed by atoms with Gasteiger partial charge in [-0.15, -0.1) is 0 Å². The van der Waals surface area contributed by atoms with Crippen LogP contribution in [0.5, 0.6) is 0 Å². The Morgan fingerprint density at radius 3 is 2.38 bits per heavy atom. The molecule has 0 aliphatic carbocycles. The first-order valence-electron chi connectivity index (χ1n) is 10.1. The summed E-state index contributed by atoms with van der Waals surface area (Å²) in [6.07, 6.45) is 2.13. The van der Waals surface area contributed by atoms with Gasteiger partial charge in [0.2, 0.25) is 5.91 Å². The maximum atomic E-state index is 12.9. The molecule has 1 fully saturated rings. The topological polar surface area (TPSA) is 115 Å². The van der Waals surface area contributed by atoms with Crippen molar-refractivity contribution in [3.05, 3.63) is 29.8 Å². The lowest BCUT2D eigenvalue weighted by Crippen LogP contribution is -2.52. The average molecular weight is 453 g/mol. The number of nitrogens with zero attached hydrogens (tertiary/aromatic N) is 6. The predicted molar refractivity (Wildman–Crippen MR) is 108 cm³/mol. The van der Waals surface area contributed by atoms with Crippen LogP contribution >= 0.6 is 0 Å². The van der Waals surface area contributed by atoms with Crippen molar-refractivity contribution < 1.29 is 27.9 Å². The van der Waals surface area contributed by atoms with Crippen LogP contribution in [0.25, 0.3) is 0 Å². The Balaban J connectivity index is 1.61. The van der Waals surface area contributed by atoms with Crippen molar-refractivity contribution in [1.29, 1.82) is 0 Å². The smallest absolute Gasteiger partial charge is 0.409 e. The Hall–Kier alpha value is -3.51. The monoisotopic (exact) mass is 453 g/mol. The first-order chi connectivity index (χ1) is 15.2. The van der Waals surface area contributed by atoms with Crippen LogP contribution in [0.3, 0.4) is 0 Å². The molecule has 0 radical (unpaired) electrons. The molecule has 0 saturated carbocycles. The third-order valence-electron chi connectivity index (χ3n) is 5.08. The maximum absolute atomic E-state index is 12.9. The number of nitrogens with one attached hydrogen (secondary N) is 1. The van der Waals surface area contributed by atoms with Gasteiger partial charge in [0.15, 0.2) is 5.69 Å². The number of carbonyl (C=O) groups excluding carboxylic acids is 3. The molecule has 1 N–H and O–H groups in total. The highest BCUT2D eigenvalue weighted by atomic mass is 19.3. The number of hydrogen-bond acceptors (Lipinski definition) is 6. The minimum Gasteiger partial charge on any atom is -0.450 e. The van der Waals surface area contributed by atoms with Gasteiger partial charge in [0, 0.05) is 38.6 Å². The number of aromatic nitrogens is 4. The van der Waals surface area contributed by atoms with Crippen LogP contribution in [0.2, 0.25) is 0 Å². The molecule has 1 saturated heterocycles. The molecule has 11 nitrogen and oxygen atoms in total. The van der Waals surface area contributed by atoms with Crippen molar-refractivity contribution in [1.82, 2.24) is 29.4 Å². The van der Waals surface area contributed by atoms with Gasteiger partial charge < -0.3 is 19.9 Å². The van der Waals surface area contributed by atoms with Crippen molar-refractivity contribution in [2.45, 2.75) is 33.4 Å². The van der Waals surface area contributed by atoms with Crippen LogP contribution in [0.15, 0.2) is 18.5 Å². The lowest BCUT2D eigenvalue weighted by atomic mass is 10.2. The first-order valence-corrected chi connectivity index (χ1v) is 10.1. The van der Waals surface area contributed by atoms with Crippen LogP contribution in [-0.2, 0) is 9.53 Å². The summed E-state index contributed by atoms with van der Waals surface area (Å²) in [5, 5.41) is 10.4. The van der Waals surface area contributed by atoms with E-state index in [0.717, 1.165) is 6.20 Å². The largest absolute Gasteiger partial charge is 0.450 e. The second-order valence-electron chi connectivity index (χ2n) is 7.21. The van der Waals surface area contributed by atoms with Gasteiger partial charge >= 0.3 is 12.6 Å². The molecule has 2 aromatic heterocycles. The second-order valence-corrected chi connectivity index (χ2v) is 7.21. The van der Waals surface area contributed by atoms with E-state index in [1.54, 1.807) is 30.6 Å². The van der Waals surface area contributed by atoms with Gasteiger partial charge in [-0.2, -0.15) is 19.0 Å². The number of halogens is 2. The van der Waals surface area contributed by atoms with Gasteiger partial charge in [-0.1, -0.05) is 0 Å². The summed E-state index contributed by atoms with van der Waals surface area (Å²) < 4.78 is 32.1. The number of aryl methyl sites for hydroxylation is 1. The van der Waals surface area contributed by atoms with E-state index < -0.39 is 24.6 Å². The summed E-state index contributed by atoms with van der Waals surface area (Å²) in [6.45, 7) is 4.02. The summed E-state index contributed by atoms with van der Waals surface area (Å²) in [5.41, 5.74) is 0.632. The van der Waals surface area contributed by atoms with Crippen LogP contribution in [-0.4, -0.2) is 80.1 Å². The van der Waals surface area contributed by atoms with Gasteiger partial charge in [0.05, 0.1) is 18.0 Å². The fraction of sp³-hybridized carbons (Fsp3) is 0.526. The van der Waals surface area contributed by atoms with Crippen LogP contribution in [0.4, 0.5) is 19.3 Å². The van der Waals surface area contributed by atoms with Gasteiger partial charge in [0.1, 0.15) is 6.04 Å². The molecule has 3 heterocycles. The van der Waals surface area contributed by atoms with Gasteiger partial charge in [-0.25, -0.2) is 9.48 Å². The fourth-order valence-electron chi connectivity index (χ4n) is 3.26. The van der Waals surface area contributed by atoms with E-state index in [9.17, 15) is 23.2 Å². The molecule has 174 valence electrons. The summed E-state index contributed by atoms with van der Waals surface area (Å²) in [4.78, 5) is 40.2. The SMILES string of the molecule is CCOC(=O)N1CCN(C(=O)C(C)n2cc(NC(=O)c3ccn(C(F)F)n3)c(C)n2)CC1. The molecule has 3 amide bonds. The number of carbonyl (C=O) groups is 3. The van der Waals surface area contributed by atoms with Gasteiger partial charge in [0.25, 0.3) is 5.91 Å². The lowest BCUT2D eigenvalue weighted by molar-refractivity contribution is -0.136. The van der Waals surface area contributed by atoms with E-state index in [1.165, 1.54) is 16.9 Å². The molecule has 2 aromatic rings. The molecular formula is C19H25F2N7O4. The standard InChI is InChI=1S/C19H25F2N7O4/c1-4-32-19(31)26-9-7-25(8-10-26)17(30)13(3)28-11-15(12(2)23-28)22-16(29)14-5-6-27(24-14)18(20)21/h5-6,11,13,18H,4,7-10H2,1-3H3,(H,22,29). The zero-order chi connectivity index (χ0) is 23.4.